The van der Waals surface area contributed by atoms with E-state index in [9.17, 15) is 10.1 Å². The van der Waals surface area contributed by atoms with Gasteiger partial charge >= 0.3 is 0 Å². The van der Waals surface area contributed by atoms with Gasteiger partial charge in [-0.3, -0.25) is 9.79 Å². The van der Waals surface area contributed by atoms with Gasteiger partial charge in [-0.25, -0.2) is 0 Å². The average Bonchev–Trinajstić information content (AvgIpc) is 3.84. The molecule has 2 aliphatic rings. The largest absolute Gasteiger partial charge is 0.489 e. The molecule has 1 saturated heterocycles. The predicted octanol–water partition coefficient (Wildman–Crippen LogP) is 8.03. The summed E-state index contributed by atoms with van der Waals surface area (Å²) in [4.78, 5) is 20.9. The normalized spacial score (nSPS) is 16.2. The van der Waals surface area contributed by atoms with Crippen LogP contribution in [0.4, 0.5) is 5.69 Å². The van der Waals surface area contributed by atoms with Gasteiger partial charge in [0.05, 0.1) is 29.3 Å². The molecule has 4 rings (SSSR count). The monoisotopic (exact) mass is 592 g/mol. The zero-order valence-corrected chi connectivity index (χ0v) is 26.9. The van der Waals surface area contributed by atoms with Crippen molar-refractivity contribution in [2.24, 2.45) is 4.99 Å². The van der Waals surface area contributed by atoms with Crippen LogP contribution >= 0.6 is 0 Å². The summed E-state index contributed by atoms with van der Waals surface area (Å²) in [6.45, 7) is 14.9. The van der Waals surface area contributed by atoms with Crippen LogP contribution in [0.25, 0.3) is 11.1 Å². The molecule has 1 heterocycles. The van der Waals surface area contributed by atoms with E-state index in [0.29, 0.717) is 22.8 Å². The summed E-state index contributed by atoms with van der Waals surface area (Å²) in [6.07, 6.45) is 10.6. The first-order valence-corrected chi connectivity index (χ1v) is 15.5. The zero-order chi connectivity index (χ0) is 31.6. The molecule has 7 nitrogen and oxygen atoms in total. The summed E-state index contributed by atoms with van der Waals surface area (Å²) in [5, 5.41) is 9.81. The van der Waals surface area contributed by atoms with Crippen LogP contribution in [0.1, 0.15) is 59.4 Å². The summed E-state index contributed by atoms with van der Waals surface area (Å²) in [7, 11) is 0. The van der Waals surface area contributed by atoms with Crippen LogP contribution in [-0.2, 0) is 9.53 Å². The second-order valence-electron chi connectivity index (χ2n) is 11.4. The number of hydrogen-bond donors (Lipinski definition) is 0. The Morgan fingerprint density at radius 2 is 1.68 bits per heavy atom. The quantitative estimate of drug-likeness (QED) is 0.114. The standard InChI is InChI=1S/C37H44N4O3/c1-7-9-37(44-34-16-17-34)31(24-38)22-32(8-2)43-33-14-12-29(13-15-33)30-11-10-27(5)35(23-30)39-25-36(26(3)4)41-20-18-40(19-21-41)28(6)42/h8-15,22-23,25,34H,7,16-21H2,1-6H3/b31-22-,32-8+,37-9-,39-25?. The number of carbonyl (C=O) groups excluding carboxylic acids is 1. The number of amides is 1. The third-order valence-electron chi connectivity index (χ3n) is 7.70. The summed E-state index contributed by atoms with van der Waals surface area (Å²) in [5.74, 6) is 2.02. The first-order valence-electron chi connectivity index (χ1n) is 15.5. The Labute approximate surface area is 262 Å². The van der Waals surface area contributed by atoms with Crippen LogP contribution in [0.3, 0.4) is 0 Å². The average molecular weight is 593 g/mol. The van der Waals surface area contributed by atoms with E-state index in [0.717, 1.165) is 73.5 Å². The molecule has 1 aliphatic heterocycles. The number of aliphatic imine (C=N–C) groups is 1. The summed E-state index contributed by atoms with van der Waals surface area (Å²) in [5.41, 5.74) is 6.89. The van der Waals surface area contributed by atoms with Crippen LogP contribution < -0.4 is 4.74 Å². The smallest absolute Gasteiger partial charge is 0.219 e. The number of ether oxygens (including phenoxy) is 2. The molecule has 0 unspecified atom stereocenters. The number of nitrogens with zero attached hydrogens (tertiary/aromatic N) is 4. The van der Waals surface area contributed by atoms with Crippen LogP contribution in [0.15, 0.2) is 94.0 Å². The van der Waals surface area contributed by atoms with Gasteiger partial charge in [-0.15, -0.1) is 0 Å². The number of rotatable bonds is 11. The lowest BCUT2D eigenvalue weighted by Crippen LogP contribution is -2.47. The molecule has 0 bridgehead atoms. The molecular formula is C37H44N4O3. The van der Waals surface area contributed by atoms with Gasteiger partial charge in [0.15, 0.2) is 0 Å². The number of piperazine rings is 1. The van der Waals surface area contributed by atoms with Gasteiger partial charge in [0.1, 0.15) is 23.3 Å². The molecule has 2 aromatic carbocycles. The molecular weight excluding hydrogens is 548 g/mol. The summed E-state index contributed by atoms with van der Waals surface area (Å²) in [6, 6.07) is 16.5. The highest BCUT2D eigenvalue weighted by Gasteiger charge is 2.25. The SMILES string of the molecule is C\C=C(/C=C(C#N)\C(=C\CC)OC1CC1)Oc1ccc(-c2ccc(C)c(N=CC(=C(C)C)N3CCN(C(C)=O)CC3)c2)cc1. The van der Waals surface area contributed by atoms with Crippen molar-refractivity contribution in [3.05, 3.63) is 94.6 Å². The minimum Gasteiger partial charge on any atom is -0.489 e. The molecule has 0 radical (unpaired) electrons. The lowest BCUT2D eigenvalue weighted by molar-refractivity contribution is -0.130. The van der Waals surface area contributed by atoms with Crippen molar-refractivity contribution in [1.82, 2.24) is 9.80 Å². The fourth-order valence-electron chi connectivity index (χ4n) is 4.94. The third kappa shape index (κ3) is 8.73. The highest BCUT2D eigenvalue weighted by molar-refractivity contribution is 5.83. The van der Waals surface area contributed by atoms with E-state index in [1.54, 1.807) is 13.0 Å². The second kappa shape index (κ2) is 15.2. The molecule has 0 spiro atoms. The molecule has 7 heteroatoms. The van der Waals surface area contributed by atoms with Gasteiger partial charge in [-0.1, -0.05) is 36.8 Å². The van der Waals surface area contributed by atoms with E-state index in [2.05, 4.69) is 49.9 Å². The Kier molecular flexibility index (Phi) is 11.2. The Morgan fingerprint density at radius 1 is 1.02 bits per heavy atom. The summed E-state index contributed by atoms with van der Waals surface area (Å²) >= 11 is 0. The maximum atomic E-state index is 11.7. The summed E-state index contributed by atoms with van der Waals surface area (Å²) < 4.78 is 12.1. The third-order valence-corrected chi connectivity index (χ3v) is 7.70. The number of aryl methyl sites for hydroxylation is 1. The number of nitriles is 1. The van der Waals surface area contributed by atoms with Crippen molar-refractivity contribution < 1.29 is 14.3 Å². The van der Waals surface area contributed by atoms with Crippen molar-refractivity contribution in [1.29, 1.82) is 5.26 Å². The van der Waals surface area contributed by atoms with Gasteiger partial charge in [0, 0.05) is 39.2 Å². The molecule has 1 aliphatic carbocycles. The van der Waals surface area contributed by atoms with E-state index >= 15 is 0 Å². The highest BCUT2D eigenvalue weighted by Crippen LogP contribution is 2.31. The van der Waals surface area contributed by atoms with Crippen LogP contribution in [-0.4, -0.2) is 54.2 Å². The molecule has 0 N–H and O–H groups in total. The Hall–Kier alpha value is -4.57. The maximum Gasteiger partial charge on any atom is 0.219 e. The first-order chi connectivity index (χ1) is 21.2. The Balaban J connectivity index is 1.47. The molecule has 230 valence electrons. The molecule has 44 heavy (non-hydrogen) atoms. The minimum atomic E-state index is 0.129. The maximum absolute atomic E-state index is 11.7. The number of carbonyl (C=O) groups is 1. The van der Waals surface area contributed by atoms with Gasteiger partial charge in [0.25, 0.3) is 0 Å². The number of hydrogen-bond acceptors (Lipinski definition) is 6. The number of benzene rings is 2. The van der Waals surface area contributed by atoms with Crippen LogP contribution in [0, 0.1) is 18.3 Å². The molecule has 2 fully saturated rings. The minimum absolute atomic E-state index is 0.129. The fraction of sp³-hybridized carbons (Fsp3) is 0.378. The van der Waals surface area contributed by atoms with Crippen LogP contribution in [0.2, 0.25) is 0 Å². The fourth-order valence-corrected chi connectivity index (χ4v) is 4.94. The van der Waals surface area contributed by atoms with E-state index in [1.165, 1.54) is 5.57 Å². The van der Waals surface area contributed by atoms with E-state index in [1.807, 2.05) is 61.4 Å². The highest BCUT2D eigenvalue weighted by atomic mass is 16.5. The van der Waals surface area contributed by atoms with Crippen LogP contribution in [0.5, 0.6) is 5.75 Å². The van der Waals surface area contributed by atoms with Crippen molar-refractivity contribution in [3.8, 4) is 22.9 Å². The van der Waals surface area contributed by atoms with Gasteiger partial charge in [0.2, 0.25) is 5.91 Å². The molecule has 0 atom stereocenters. The van der Waals surface area contributed by atoms with Gasteiger partial charge < -0.3 is 19.3 Å². The molecule has 1 amide bonds. The second-order valence-corrected chi connectivity index (χ2v) is 11.4. The van der Waals surface area contributed by atoms with Crippen molar-refractivity contribution in [3.63, 3.8) is 0 Å². The van der Waals surface area contributed by atoms with E-state index in [-0.39, 0.29) is 12.0 Å². The Morgan fingerprint density at radius 3 is 2.25 bits per heavy atom. The van der Waals surface area contributed by atoms with E-state index in [4.69, 9.17) is 14.5 Å². The van der Waals surface area contributed by atoms with E-state index < -0.39 is 0 Å². The van der Waals surface area contributed by atoms with Crippen molar-refractivity contribution >= 4 is 17.8 Å². The lowest BCUT2D eigenvalue weighted by Gasteiger charge is -2.36. The molecule has 2 aromatic rings. The lowest BCUT2D eigenvalue weighted by atomic mass is 10.0. The first kappa shape index (κ1) is 32.3. The van der Waals surface area contributed by atoms with Gasteiger partial charge in [-0.05, 0) is 94.0 Å². The van der Waals surface area contributed by atoms with Crippen molar-refractivity contribution in [2.45, 2.75) is 66.9 Å². The molecule has 0 aromatic heterocycles. The topological polar surface area (TPSA) is 78.2 Å². The zero-order valence-electron chi connectivity index (χ0n) is 26.9. The predicted molar refractivity (Wildman–Crippen MR) is 178 cm³/mol. The Bertz CT molecular complexity index is 1520. The number of allylic oxidation sites excluding steroid dienone is 6. The molecule has 1 saturated carbocycles. The van der Waals surface area contributed by atoms with Gasteiger partial charge in [-0.2, -0.15) is 5.26 Å². The van der Waals surface area contributed by atoms with Crippen molar-refractivity contribution in [2.75, 3.05) is 26.2 Å².